The molecule has 0 aliphatic carbocycles. The molecule has 1 unspecified atom stereocenters. The first-order valence-electron chi connectivity index (χ1n) is 9.64. The molecule has 28 heavy (non-hydrogen) atoms. The van der Waals surface area contributed by atoms with Crippen molar-refractivity contribution in [3.8, 4) is 5.75 Å². The number of hydrogen-bond acceptors (Lipinski definition) is 4. The highest BCUT2D eigenvalue weighted by atomic mass is 127. The smallest absolute Gasteiger partial charge is 0.191 e. The third kappa shape index (κ3) is 7.93. The van der Waals surface area contributed by atoms with Gasteiger partial charge in [0.25, 0.3) is 0 Å². The Morgan fingerprint density at radius 2 is 2.00 bits per heavy atom. The lowest BCUT2D eigenvalue weighted by atomic mass is 10.0. The maximum absolute atomic E-state index is 6.31. The molecule has 0 saturated carbocycles. The molecule has 0 spiro atoms. The van der Waals surface area contributed by atoms with Crippen molar-refractivity contribution in [2.75, 3.05) is 53.6 Å². The minimum absolute atomic E-state index is 0. The number of benzene rings is 1. The second-order valence-electron chi connectivity index (χ2n) is 7.05. The Bertz CT molecular complexity index is 610. The summed E-state index contributed by atoms with van der Waals surface area (Å²) in [4.78, 5) is 6.85. The van der Waals surface area contributed by atoms with Crippen molar-refractivity contribution >= 4 is 41.5 Å². The molecule has 1 aromatic rings. The highest BCUT2D eigenvalue weighted by Gasteiger charge is 2.23. The average molecular weight is 525 g/mol. The van der Waals surface area contributed by atoms with Gasteiger partial charge in [0, 0.05) is 44.3 Å². The average Bonchev–Trinajstić information content (AvgIpc) is 2.68. The summed E-state index contributed by atoms with van der Waals surface area (Å²) >= 11 is 6.31. The molecular formula is C20H34ClIN4O2. The zero-order valence-electron chi connectivity index (χ0n) is 17.3. The van der Waals surface area contributed by atoms with Crippen molar-refractivity contribution in [2.45, 2.75) is 26.3 Å². The van der Waals surface area contributed by atoms with Gasteiger partial charge < -0.3 is 20.1 Å². The molecule has 0 amide bonds. The van der Waals surface area contributed by atoms with Crippen LogP contribution in [0.3, 0.4) is 0 Å². The molecule has 1 aliphatic rings. The molecule has 0 aromatic heterocycles. The molecule has 6 nitrogen and oxygen atoms in total. The fraction of sp³-hybridized carbons (Fsp3) is 0.650. The summed E-state index contributed by atoms with van der Waals surface area (Å²) < 4.78 is 10.7. The van der Waals surface area contributed by atoms with Crippen molar-refractivity contribution in [1.29, 1.82) is 0 Å². The quantitative estimate of drug-likeness (QED) is 0.311. The first-order valence-corrected chi connectivity index (χ1v) is 10.0. The largest absolute Gasteiger partial charge is 0.497 e. The minimum Gasteiger partial charge on any atom is -0.497 e. The Balaban J connectivity index is 0.00000392. The first-order chi connectivity index (χ1) is 13.0. The number of nitrogens with zero attached hydrogens (tertiary/aromatic N) is 2. The Morgan fingerprint density at radius 1 is 1.29 bits per heavy atom. The van der Waals surface area contributed by atoms with E-state index in [1.54, 1.807) is 14.2 Å². The van der Waals surface area contributed by atoms with E-state index in [1.165, 1.54) is 0 Å². The lowest BCUT2D eigenvalue weighted by Crippen LogP contribution is -2.52. The Labute approximate surface area is 191 Å². The number of aliphatic imine (C=N–C) groups is 1. The first kappa shape index (κ1) is 25.3. The number of halogens is 2. The van der Waals surface area contributed by atoms with Gasteiger partial charge >= 0.3 is 0 Å². The van der Waals surface area contributed by atoms with Gasteiger partial charge in [0.1, 0.15) is 5.75 Å². The highest BCUT2D eigenvalue weighted by molar-refractivity contribution is 14.0. The molecule has 0 radical (unpaired) electrons. The zero-order valence-corrected chi connectivity index (χ0v) is 20.4. The van der Waals surface area contributed by atoms with Gasteiger partial charge in [0.15, 0.2) is 5.96 Å². The van der Waals surface area contributed by atoms with Gasteiger partial charge in [0.2, 0.25) is 0 Å². The fourth-order valence-electron chi connectivity index (χ4n) is 3.29. The third-order valence-corrected chi connectivity index (χ3v) is 5.29. The third-order valence-electron chi connectivity index (χ3n) is 4.93. The molecule has 0 bridgehead atoms. The molecule has 1 saturated heterocycles. The van der Waals surface area contributed by atoms with Gasteiger partial charge in [-0.1, -0.05) is 31.5 Å². The molecular weight excluding hydrogens is 491 g/mol. The maximum atomic E-state index is 6.31. The van der Waals surface area contributed by atoms with Gasteiger partial charge in [0.05, 0.1) is 20.3 Å². The summed E-state index contributed by atoms with van der Waals surface area (Å²) in [5.74, 6) is 2.15. The number of ether oxygens (including phenoxy) is 2. The lowest BCUT2D eigenvalue weighted by molar-refractivity contribution is 0.00752. The van der Waals surface area contributed by atoms with Crippen LogP contribution in [0.2, 0.25) is 5.02 Å². The summed E-state index contributed by atoms with van der Waals surface area (Å²) in [6.07, 6.45) is 0.820. The number of rotatable bonds is 8. The molecule has 8 heteroatoms. The van der Waals surface area contributed by atoms with E-state index in [-0.39, 0.29) is 24.0 Å². The van der Waals surface area contributed by atoms with Gasteiger partial charge in [-0.15, -0.1) is 24.0 Å². The predicted octanol–water partition coefficient (Wildman–Crippen LogP) is 3.03. The lowest BCUT2D eigenvalue weighted by Gasteiger charge is -2.37. The molecule has 2 N–H and O–H groups in total. The van der Waals surface area contributed by atoms with Crippen LogP contribution in [0, 0.1) is 5.92 Å². The Morgan fingerprint density at radius 3 is 2.57 bits per heavy atom. The monoisotopic (exact) mass is 524 g/mol. The second-order valence-corrected chi connectivity index (χ2v) is 7.45. The van der Waals surface area contributed by atoms with E-state index in [0.717, 1.165) is 68.1 Å². The van der Waals surface area contributed by atoms with Crippen LogP contribution in [-0.2, 0) is 11.2 Å². The molecule has 2 rings (SSSR count). The summed E-state index contributed by atoms with van der Waals surface area (Å²) in [5.41, 5.74) is 1.09. The molecule has 1 aliphatic heterocycles. The molecule has 1 aromatic carbocycles. The number of hydrogen-bond donors (Lipinski definition) is 2. The van der Waals surface area contributed by atoms with Crippen LogP contribution in [0.15, 0.2) is 23.2 Å². The Kier molecular flexibility index (Phi) is 12.1. The Hall–Kier alpha value is -0.770. The van der Waals surface area contributed by atoms with Crippen LogP contribution in [0.5, 0.6) is 5.75 Å². The van der Waals surface area contributed by atoms with Crippen molar-refractivity contribution in [3.63, 3.8) is 0 Å². The van der Waals surface area contributed by atoms with Crippen molar-refractivity contribution in [3.05, 3.63) is 28.8 Å². The van der Waals surface area contributed by atoms with E-state index >= 15 is 0 Å². The summed E-state index contributed by atoms with van der Waals surface area (Å²) in [6, 6.07) is 6.25. The summed E-state index contributed by atoms with van der Waals surface area (Å²) in [5, 5.41) is 7.58. The highest BCUT2D eigenvalue weighted by Crippen LogP contribution is 2.22. The number of methoxy groups -OCH3 is 1. The molecule has 1 fully saturated rings. The van der Waals surface area contributed by atoms with Gasteiger partial charge in [-0.25, -0.2) is 0 Å². The van der Waals surface area contributed by atoms with Crippen LogP contribution >= 0.6 is 35.6 Å². The van der Waals surface area contributed by atoms with E-state index in [2.05, 4.69) is 34.4 Å². The van der Waals surface area contributed by atoms with Crippen LogP contribution in [0.25, 0.3) is 0 Å². The standard InChI is InChI=1S/C20H33ClN4O2.HI/c1-15(2)19(25-9-11-27-12-10-25)14-24-20(22-3)23-8-7-16-5-6-17(26-4)13-18(16)21;/h5-6,13,15,19H,7-12,14H2,1-4H3,(H2,22,23,24);1H. The molecule has 1 atom stereocenters. The number of guanidine groups is 1. The van der Waals surface area contributed by atoms with Crippen LogP contribution in [0.1, 0.15) is 19.4 Å². The number of morpholine rings is 1. The molecule has 160 valence electrons. The van der Waals surface area contributed by atoms with E-state index < -0.39 is 0 Å². The van der Waals surface area contributed by atoms with Gasteiger partial charge in [-0.3, -0.25) is 9.89 Å². The zero-order chi connectivity index (χ0) is 19.6. The van der Waals surface area contributed by atoms with E-state index in [0.29, 0.717) is 12.0 Å². The van der Waals surface area contributed by atoms with Crippen LogP contribution in [0.4, 0.5) is 0 Å². The SMILES string of the molecule is CN=C(NCCc1ccc(OC)cc1Cl)NCC(C(C)C)N1CCOCC1.I. The molecule has 1 heterocycles. The summed E-state index contributed by atoms with van der Waals surface area (Å²) in [6.45, 7) is 9.78. The van der Waals surface area contributed by atoms with Gasteiger partial charge in [-0.2, -0.15) is 0 Å². The topological polar surface area (TPSA) is 58.1 Å². The van der Waals surface area contributed by atoms with Crippen molar-refractivity contribution in [1.82, 2.24) is 15.5 Å². The van der Waals surface area contributed by atoms with Gasteiger partial charge in [-0.05, 0) is 30.0 Å². The predicted molar refractivity (Wildman–Crippen MR) is 128 cm³/mol. The van der Waals surface area contributed by atoms with E-state index in [4.69, 9.17) is 21.1 Å². The summed E-state index contributed by atoms with van der Waals surface area (Å²) in [7, 11) is 3.44. The van der Waals surface area contributed by atoms with E-state index in [1.807, 2.05) is 18.2 Å². The normalized spacial score (nSPS) is 16.4. The second kappa shape index (κ2) is 13.5. The number of nitrogens with one attached hydrogen (secondary N) is 2. The van der Waals surface area contributed by atoms with Crippen LogP contribution in [-0.4, -0.2) is 70.5 Å². The van der Waals surface area contributed by atoms with Crippen molar-refractivity contribution < 1.29 is 9.47 Å². The minimum atomic E-state index is 0. The van der Waals surface area contributed by atoms with Crippen LogP contribution < -0.4 is 15.4 Å². The maximum Gasteiger partial charge on any atom is 0.191 e. The van der Waals surface area contributed by atoms with Crippen molar-refractivity contribution in [2.24, 2.45) is 10.9 Å². The van der Waals surface area contributed by atoms with E-state index in [9.17, 15) is 0 Å². The fourth-order valence-corrected chi connectivity index (χ4v) is 3.56.